The van der Waals surface area contributed by atoms with Crippen molar-refractivity contribution in [3.63, 3.8) is 0 Å². The van der Waals surface area contributed by atoms with Crippen molar-refractivity contribution >= 4 is 0 Å². The van der Waals surface area contributed by atoms with Crippen molar-refractivity contribution in [3.8, 4) is 0 Å². The number of rotatable bonds is 5. The SMILES string of the molecule is CC[C@H](/C=C/[C@@H](C)[C@H]1CCC2C3C[C@@H](O)[C@]45CC4CC[C@]5(C)C3CC[C@@]21C)C(C)C. The molecule has 30 heavy (non-hydrogen) atoms. The second-order valence-corrected chi connectivity index (χ2v) is 13.3. The maximum absolute atomic E-state index is 11.4. The highest BCUT2D eigenvalue weighted by Gasteiger charge is 2.77. The molecule has 1 nitrogen and oxygen atoms in total. The number of hydrogen-bond donors (Lipinski definition) is 1. The van der Waals surface area contributed by atoms with E-state index in [0.29, 0.717) is 22.2 Å². The van der Waals surface area contributed by atoms with Crippen molar-refractivity contribution in [2.45, 2.75) is 105 Å². The van der Waals surface area contributed by atoms with Crippen molar-refractivity contribution < 1.29 is 5.11 Å². The van der Waals surface area contributed by atoms with Crippen molar-refractivity contribution in [3.05, 3.63) is 12.2 Å². The van der Waals surface area contributed by atoms with Crippen LogP contribution in [0, 0.1) is 63.6 Å². The monoisotopic (exact) mass is 412 g/mol. The minimum Gasteiger partial charge on any atom is -0.393 e. The second-order valence-electron chi connectivity index (χ2n) is 13.3. The number of aliphatic hydroxyl groups is 1. The molecule has 1 N–H and O–H groups in total. The summed E-state index contributed by atoms with van der Waals surface area (Å²) in [7, 11) is 0. The van der Waals surface area contributed by atoms with Gasteiger partial charge in [-0.2, -0.15) is 0 Å². The average Bonchev–Trinajstić information content (AvgIpc) is 3.22. The molecule has 5 saturated carbocycles. The van der Waals surface area contributed by atoms with Gasteiger partial charge in [-0.05, 0) is 116 Å². The lowest BCUT2D eigenvalue weighted by atomic mass is 9.45. The fourth-order valence-corrected chi connectivity index (χ4v) is 10.5. The van der Waals surface area contributed by atoms with E-state index in [1.165, 1.54) is 51.4 Å². The summed E-state index contributed by atoms with van der Waals surface area (Å²) in [5.41, 5.74) is 1.27. The van der Waals surface area contributed by atoms with Gasteiger partial charge in [0, 0.05) is 5.41 Å². The van der Waals surface area contributed by atoms with Crippen LogP contribution in [-0.2, 0) is 0 Å². The maximum Gasteiger partial charge on any atom is 0.0607 e. The Morgan fingerprint density at radius 1 is 0.967 bits per heavy atom. The molecule has 4 unspecified atom stereocenters. The lowest BCUT2D eigenvalue weighted by molar-refractivity contribution is -0.151. The second kappa shape index (κ2) is 7.10. The molecule has 0 radical (unpaired) electrons. The molecule has 0 saturated heterocycles. The standard InChI is InChI=1S/C29H48O/c1-7-20(18(2)3)9-8-19(4)23-10-11-24-22-16-26(30)29-17-21(29)12-15-28(29,6)25(22)13-14-27(23,24)5/h8-9,18-26,30H,7,10-17H2,1-6H3/b9-8+/t19-,20-,21?,22?,23-,24?,25?,26-,27-,28-,29+/m1/s1. The Balaban J connectivity index is 1.36. The van der Waals surface area contributed by atoms with Crippen LogP contribution in [0.3, 0.4) is 0 Å². The predicted molar refractivity (Wildman–Crippen MR) is 126 cm³/mol. The molecule has 11 atom stereocenters. The lowest BCUT2D eigenvalue weighted by Crippen LogP contribution is -2.56. The van der Waals surface area contributed by atoms with E-state index >= 15 is 0 Å². The van der Waals surface area contributed by atoms with Crippen molar-refractivity contribution in [2.75, 3.05) is 0 Å². The normalized spacial score (nSPS) is 53.9. The largest absolute Gasteiger partial charge is 0.393 e. The summed E-state index contributed by atoms with van der Waals surface area (Å²) in [6.07, 6.45) is 17.4. The molecule has 0 aromatic rings. The number of aliphatic hydroxyl groups excluding tert-OH is 1. The third-order valence-corrected chi connectivity index (χ3v) is 12.3. The molecule has 5 rings (SSSR count). The summed E-state index contributed by atoms with van der Waals surface area (Å²) < 4.78 is 0. The highest BCUT2D eigenvalue weighted by atomic mass is 16.3. The molecule has 5 aliphatic rings. The van der Waals surface area contributed by atoms with Crippen LogP contribution in [0.5, 0.6) is 0 Å². The minimum atomic E-state index is -0.00803. The Labute approximate surface area is 186 Å². The molecule has 0 bridgehead atoms. The van der Waals surface area contributed by atoms with Crippen LogP contribution in [0.2, 0.25) is 0 Å². The van der Waals surface area contributed by atoms with Gasteiger partial charge in [0.15, 0.2) is 0 Å². The van der Waals surface area contributed by atoms with Crippen LogP contribution in [0.1, 0.15) is 99.3 Å². The van der Waals surface area contributed by atoms with E-state index in [-0.39, 0.29) is 6.10 Å². The molecule has 0 heterocycles. The Morgan fingerprint density at radius 3 is 2.40 bits per heavy atom. The van der Waals surface area contributed by atoms with Gasteiger partial charge in [0.1, 0.15) is 0 Å². The van der Waals surface area contributed by atoms with Crippen LogP contribution in [0.25, 0.3) is 0 Å². The van der Waals surface area contributed by atoms with E-state index in [2.05, 4.69) is 53.7 Å². The highest BCUT2D eigenvalue weighted by molar-refractivity contribution is 5.25. The first kappa shape index (κ1) is 21.5. The van der Waals surface area contributed by atoms with Crippen LogP contribution < -0.4 is 0 Å². The third kappa shape index (κ3) is 2.69. The average molecular weight is 413 g/mol. The fraction of sp³-hybridized carbons (Fsp3) is 0.931. The molecular formula is C29H48O. The molecule has 5 aliphatic carbocycles. The molecule has 5 fully saturated rings. The van der Waals surface area contributed by atoms with Crippen LogP contribution in [0.4, 0.5) is 0 Å². The van der Waals surface area contributed by atoms with Gasteiger partial charge in [0.05, 0.1) is 6.10 Å². The summed E-state index contributed by atoms with van der Waals surface area (Å²) in [5, 5.41) is 11.4. The number of fused-ring (bicyclic) bond motifs is 4. The smallest absolute Gasteiger partial charge is 0.0607 e. The van der Waals surface area contributed by atoms with Gasteiger partial charge in [-0.25, -0.2) is 0 Å². The van der Waals surface area contributed by atoms with E-state index in [0.717, 1.165) is 47.8 Å². The maximum atomic E-state index is 11.4. The van der Waals surface area contributed by atoms with E-state index < -0.39 is 0 Å². The minimum absolute atomic E-state index is 0.00803. The summed E-state index contributed by atoms with van der Waals surface area (Å²) in [6.45, 7) is 14.8. The molecule has 170 valence electrons. The molecule has 0 aromatic heterocycles. The molecule has 0 amide bonds. The molecule has 1 spiro atoms. The summed E-state index contributed by atoms with van der Waals surface area (Å²) in [4.78, 5) is 0. The Morgan fingerprint density at radius 2 is 1.73 bits per heavy atom. The summed E-state index contributed by atoms with van der Waals surface area (Å²) >= 11 is 0. The van der Waals surface area contributed by atoms with E-state index in [9.17, 15) is 5.11 Å². The summed E-state index contributed by atoms with van der Waals surface area (Å²) in [6, 6.07) is 0. The Bertz CT molecular complexity index is 694. The first-order valence-electron chi connectivity index (χ1n) is 13.6. The zero-order valence-corrected chi connectivity index (χ0v) is 20.7. The van der Waals surface area contributed by atoms with Crippen LogP contribution in [0.15, 0.2) is 12.2 Å². The zero-order chi connectivity index (χ0) is 21.5. The third-order valence-electron chi connectivity index (χ3n) is 12.3. The molecular weight excluding hydrogens is 364 g/mol. The number of allylic oxidation sites excluding steroid dienone is 2. The van der Waals surface area contributed by atoms with Gasteiger partial charge in [-0.1, -0.05) is 53.7 Å². The van der Waals surface area contributed by atoms with Gasteiger partial charge < -0.3 is 5.11 Å². The molecule has 0 aromatic carbocycles. The van der Waals surface area contributed by atoms with Gasteiger partial charge in [-0.15, -0.1) is 0 Å². The van der Waals surface area contributed by atoms with E-state index in [1.807, 2.05) is 0 Å². The van der Waals surface area contributed by atoms with Gasteiger partial charge in [-0.3, -0.25) is 0 Å². The predicted octanol–water partition coefficient (Wildman–Crippen LogP) is 7.49. The quantitative estimate of drug-likeness (QED) is 0.464. The Hall–Kier alpha value is -0.300. The zero-order valence-electron chi connectivity index (χ0n) is 20.7. The first-order valence-corrected chi connectivity index (χ1v) is 13.6. The van der Waals surface area contributed by atoms with Crippen LogP contribution in [-0.4, -0.2) is 11.2 Å². The summed E-state index contributed by atoms with van der Waals surface area (Å²) in [5.74, 6) is 6.39. The van der Waals surface area contributed by atoms with Gasteiger partial charge in [0.25, 0.3) is 0 Å². The number of hydrogen-bond acceptors (Lipinski definition) is 1. The first-order chi connectivity index (χ1) is 14.2. The highest BCUT2D eigenvalue weighted by Crippen LogP contribution is 2.81. The molecule has 0 aliphatic heterocycles. The van der Waals surface area contributed by atoms with E-state index in [1.54, 1.807) is 0 Å². The van der Waals surface area contributed by atoms with Crippen LogP contribution >= 0.6 is 0 Å². The van der Waals surface area contributed by atoms with Crippen molar-refractivity contribution in [2.24, 2.45) is 63.6 Å². The Kier molecular flexibility index (Phi) is 5.10. The topological polar surface area (TPSA) is 20.2 Å². The lowest BCUT2D eigenvalue weighted by Gasteiger charge is -2.60. The van der Waals surface area contributed by atoms with Crippen molar-refractivity contribution in [1.29, 1.82) is 0 Å². The van der Waals surface area contributed by atoms with Gasteiger partial charge >= 0.3 is 0 Å². The van der Waals surface area contributed by atoms with Crippen molar-refractivity contribution in [1.82, 2.24) is 0 Å². The van der Waals surface area contributed by atoms with Gasteiger partial charge in [0.2, 0.25) is 0 Å². The fourth-order valence-electron chi connectivity index (χ4n) is 10.5. The van der Waals surface area contributed by atoms with E-state index in [4.69, 9.17) is 0 Å². The molecule has 1 heteroatoms.